The molecule has 2 aromatic rings. The quantitative estimate of drug-likeness (QED) is 0.642. The molecule has 17 heavy (non-hydrogen) atoms. The number of benzene rings is 1. The summed E-state index contributed by atoms with van der Waals surface area (Å²) in [5.41, 5.74) is 2.86. The molecule has 0 saturated carbocycles. The predicted octanol–water partition coefficient (Wildman–Crippen LogP) is 1.61. The molecule has 0 aliphatic heterocycles. The second kappa shape index (κ2) is 5.18. The van der Waals surface area contributed by atoms with E-state index in [-0.39, 0.29) is 6.42 Å². The van der Waals surface area contributed by atoms with Crippen molar-refractivity contribution in [2.45, 2.75) is 13.0 Å². The highest BCUT2D eigenvalue weighted by molar-refractivity contribution is 6.31. The van der Waals surface area contributed by atoms with Crippen LogP contribution in [0.15, 0.2) is 30.5 Å². The van der Waals surface area contributed by atoms with E-state index in [4.69, 9.17) is 17.4 Å². The molecule has 1 aromatic carbocycles. The molecule has 0 spiro atoms. The minimum atomic E-state index is -0.406. The Hall–Kier alpha value is -1.56. The second-order valence-corrected chi connectivity index (χ2v) is 3.99. The minimum absolute atomic E-state index is 0.237. The molecule has 90 valence electrons. The van der Waals surface area contributed by atoms with Crippen LogP contribution in [0.1, 0.15) is 6.42 Å². The fourth-order valence-electron chi connectivity index (χ4n) is 1.68. The van der Waals surface area contributed by atoms with E-state index in [1.165, 1.54) is 0 Å². The highest BCUT2D eigenvalue weighted by Crippen LogP contribution is 2.20. The van der Waals surface area contributed by atoms with E-state index >= 15 is 0 Å². The largest absolute Gasteiger partial charge is 0.356 e. The van der Waals surface area contributed by atoms with Gasteiger partial charge in [0.1, 0.15) is 0 Å². The number of nitrogens with zero attached hydrogens (tertiary/aromatic N) is 1. The number of nitrogens with two attached hydrogens (primary N) is 1. The molecule has 2 rings (SSSR count). The predicted molar refractivity (Wildman–Crippen MR) is 65.0 cm³/mol. The fourth-order valence-corrected chi connectivity index (χ4v) is 1.85. The number of nitrogens with one attached hydrogen (secondary N) is 1. The number of fused-ring (bicyclic) bond motifs is 1. The molecule has 0 unspecified atom stereocenters. The van der Waals surface area contributed by atoms with Gasteiger partial charge in [0, 0.05) is 23.3 Å². The Morgan fingerprint density at radius 1 is 1.47 bits per heavy atom. The van der Waals surface area contributed by atoms with Crippen LogP contribution in [-0.4, -0.2) is 10.5 Å². The molecule has 5 nitrogen and oxygen atoms in total. The van der Waals surface area contributed by atoms with Crippen molar-refractivity contribution in [2.75, 3.05) is 0 Å². The number of aryl methyl sites for hydroxylation is 1. The van der Waals surface area contributed by atoms with Gasteiger partial charge in [-0.2, -0.15) is 0 Å². The first-order valence-corrected chi connectivity index (χ1v) is 5.48. The van der Waals surface area contributed by atoms with Gasteiger partial charge in [-0.05, 0) is 23.6 Å². The SMILES string of the molecule is NNOC(=O)CCn1ccc2ccc(Cl)cc21. The van der Waals surface area contributed by atoms with Gasteiger partial charge in [-0.25, -0.2) is 5.84 Å². The molecule has 3 N–H and O–H groups in total. The smallest absolute Gasteiger partial charge is 0.328 e. The van der Waals surface area contributed by atoms with E-state index < -0.39 is 5.97 Å². The zero-order chi connectivity index (χ0) is 12.3. The number of rotatable bonds is 4. The van der Waals surface area contributed by atoms with Crippen LogP contribution in [-0.2, 0) is 16.2 Å². The number of carbonyl (C=O) groups is 1. The number of aromatic nitrogens is 1. The van der Waals surface area contributed by atoms with Gasteiger partial charge in [0.25, 0.3) is 0 Å². The van der Waals surface area contributed by atoms with Crippen LogP contribution in [0, 0.1) is 0 Å². The maximum absolute atomic E-state index is 11.1. The van der Waals surface area contributed by atoms with Crippen molar-refractivity contribution >= 4 is 28.5 Å². The van der Waals surface area contributed by atoms with Gasteiger partial charge in [0.15, 0.2) is 0 Å². The summed E-state index contributed by atoms with van der Waals surface area (Å²) in [6.07, 6.45) is 2.14. The summed E-state index contributed by atoms with van der Waals surface area (Å²) in [6, 6.07) is 7.61. The highest BCUT2D eigenvalue weighted by Gasteiger charge is 2.05. The molecule has 1 heterocycles. The van der Waals surface area contributed by atoms with Crippen molar-refractivity contribution in [3.8, 4) is 0 Å². The standard InChI is InChI=1S/C11H12ClN3O2/c12-9-2-1-8-3-5-15(10(8)7-9)6-4-11(16)17-14-13/h1-3,5,7,14H,4,6,13H2. The molecule has 0 aliphatic rings. The molecule has 1 aromatic heterocycles. The van der Waals surface area contributed by atoms with E-state index in [0.29, 0.717) is 11.6 Å². The van der Waals surface area contributed by atoms with E-state index in [1.54, 1.807) is 0 Å². The minimum Gasteiger partial charge on any atom is -0.356 e. The lowest BCUT2D eigenvalue weighted by atomic mass is 10.2. The lowest BCUT2D eigenvalue weighted by Gasteiger charge is -2.05. The molecule has 0 saturated heterocycles. The summed E-state index contributed by atoms with van der Waals surface area (Å²) in [7, 11) is 0. The molecule has 0 fully saturated rings. The maximum Gasteiger partial charge on any atom is 0.328 e. The summed E-state index contributed by atoms with van der Waals surface area (Å²) in [6.45, 7) is 0.518. The van der Waals surface area contributed by atoms with Crippen molar-refractivity contribution in [3.63, 3.8) is 0 Å². The Morgan fingerprint density at radius 3 is 3.06 bits per heavy atom. The van der Waals surface area contributed by atoms with Gasteiger partial charge < -0.3 is 9.40 Å². The molecule has 0 atom stereocenters. The lowest BCUT2D eigenvalue weighted by Crippen LogP contribution is -2.26. The molecule has 0 amide bonds. The molecule has 0 bridgehead atoms. The first kappa shape index (κ1) is 11.9. The summed E-state index contributed by atoms with van der Waals surface area (Å²) in [5, 5.41) is 1.75. The zero-order valence-corrected chi connectivity index (χ0v) is 9.78. The summed E-state index contributed by atoms with van der Waals surface area (Å²) >= 11 is 5.93. The average molecular weight is 254 g/mol. The Labute approximate surface area is 103 Å². The van der Waals surface area contributed by atoms with Crippen LogP contribution < -0.4 is 11.4 Å². The molecular formula is C11H12ClN3O2. The Bertz CT molecular complexity index is 538. The van der Waals surface area contributed by atoms with Crippen molar-refractivity contribution in [3.05, 3.63) is 35.5 Å². The topological polar surface area (TPSA) is 69.3 Å². The van der Waals surface area contributed by atoms with Crippen LogP contribution in [0.25, 0.3) is 10.9 Å². The van der Waals surface area contributed by atoms with E-state index in [9.17, 15) is 4.79 Å². The Balaban J connectivity index is 2.13. The van der Waals surface area contributed by atoms with Crippen LogP contribution in [0.3, 0.4) is 0 Å². The molecular weight excluding hydrogens is 242 g/mol. The van der Waals surface area contributed by atoms with Crippen LogP contribution in [0.4, 0.5) is 0 Å². The Morgan fingerprint density at radius 2 is 2.29 bits per heavy atom. The number of halogens is 1. The third-order valence-corrected chi connectivity index (χ3v) is 2.70. The van der Waals surface area contributed by atoms with Gasteiger partial charge in [-0.15, -0.1) is 0 Å². The summed E-state index contributed by atoms with van der Waals surface area (Å²) in [5.74, 6) is 4.47. The number of hydrogen-bond donors (Lipinski definition) is 2. The van der Waals surface area contributed by atoms with E-state index in [0.717, 1.165) is 10.9 Å². The van der Waals surface area contributed by atoms with Crippen LogP contribution in [0.5, 0.6) is 0 Å². The van der Waals surface area contributed by atoms with Gasteiger partial charge in [-0.1, -0.05) is 23.3 Å². The van der Waals surface area contributed by atoms with Crippen molar-refractivity contribution in [1.82, 2.24) is 10.2 Å². The molecule has 0 aliphatic carbocycles. The number of hydrogen-bond acceptors (Lipinski definition) is 4. The van der Waals surface area contributed by atoms with Crippen molar-refractivity contribution in [2.24, 2.45) is 5.84 Å². The first-order chi connectivity index (χ1) is 8.20. The van der Waals surface area contributed by atoms with Crippen molar-refractivity contribution in [1.29, 1.82) is 0 Å². The van der Waals surface area contributed by atoms with Gasteiger partial charge in [0.05, 0.1) is 6.42 Å². The van der Waals surface area contributed by atoms with Crippen molar-refractivity contribution < 1.29 is 9.63 Å². The van der Waals surface area contributed by atoms with Gasteiger partial charge >= 0.3 is 5.97 Å². The summed E-state index contributed by atoms with van der Waals surface area (Å²) < 4.78 is 1.94. The van der Waals surface area contributed by atoms with E-state index in [1.807, 2.05) is 40.6 Å². The highest BCUT2D eigenvalue weighted by atomic mass is 35.5. The number of hydrazine groups is 1. The monoisotopic (exact) mass is 253 g/mol. The van der Waals surface area contributed by atoms with Crippen LogP contribution in [0.2, 0.25) is 5.02 Å². The van der Waals surface area contributed by atoms with Gasteiger partial charge in [0.2, 0.25) is 0 Å². The zero-order valence-electron chi connectivity index (χ0n) is 9.02. The summed E-state index contributed by atoms with van der Waals surface area (Å²) in [4.78, 5) is 15.6. The molecule has 6 heteroatoms. The molecule has 0 radical (unpaired) electrons. The fraction of sp³-hybridized carbons (Fsp3) is 0.182. The van der Waals surface area contributed by atoms with Crippen LogP contribution >= 0.6 is 11.6 Å². The normalized spacial score (nSPS) is 10.7. The van der Waals surface area contributed by atoms with E-state index in [2.05, 4.69) is 4.84 Å². The number of carbonyl (C=O) groups excluding carboxylic acids is 1. The average Bonchev–Trinajstić information content (AvgIpc) is 2.69. The lowest BCUT2D eigenvalue weighted by molar-refractivity contribution is -0.151. The van der Waals surface area contributed by atoms with Gasteiger partial charge in [-0.3, -0.25) is 4.79 Å². The maximum atomic E-state index is 11.1. The third kappa shape index (κ3) is 2.76. The second-order valence-electron chi connectivity index (χ2n) is 3.55. The third-order valence-electron chi connectivity index (χ3n) is 2.47. The Kier molecular flexibility index (Phi) is 3.63. The first-order valence-electron chi connectivity index (χ1n) is 5.10.